The van der Waals surface area contributed by atoms with Gasteiger partial charge in [0.05, 0.1) is 10.7 Å². The molecule has 0 bridgehead atoms. The Balaban J connectivity index is 1.63. The number of halogens is 2. The summed E-state index contributed by atoms with van der Waals surface area (Å²) in [5.74, 6) is -0.0499. The number of fused-ring (bicyclic) bond motifs is 1. The molecule has 0 radical (unpaired) electrons. The summed E-state index contributed by atoms with van der Waals surface area (Å²) in [6.45, 7) is 0. The molecule has 0 fully saturated rings. The second-order valence-electron chi connectivity index (χ2n) is 5.66. The van der Waals surface area contributed by atoms with Gasteiger partial charge in [-0.05, 0) is 29.0 Å². The van der Waals surface area contributed by atoms with Gasteiger partial charge in [-0.15, -0.1) is 11.3 Å². The minimum atomic E-state index is -0.0499. The molecule has 0 amide bonds. The number of nitrogens with zero attached hydrogens (tertiary/aromatic N) is 2. The third-order valence-electron chi connectivity index (χ3n) is 3.91. The summed E-state index contributed by atoms with van der Waals surface area (Å²) in [6, 6.07) is 17.5. The first kappa shape index (κ1) is 17.0. The van der Waals surface area contributed by atoms with Crippen LogP contribution in [0.2, 0.25) is 10.0 Å². The van der Waals surface area contributed by atoms with Gasteiger partial charge in [-0.1, -0.05) is 59.6 Å². The summed E-state index contributed by atoms with van der Waals surface area (Å²) in [6.07, 6.45) is 1.51. The second kappa shape index (κ2) is 7.08. The third kappa shape index (κ3) is 3.44. The fourth-order valence-corrected chi connectivity index (χ4v) is 3.79. The Morgan fingerprint density at radius 3 is 2.65 bits per heavy atom. The normalized spacial score (nSPS) is 11.5. The molecule has 1 N–H and O–H groups in total. The summed E-state index contributed by atoms with van der Waals surface area (Å²) in [7, 11) is 0. The molecule has 128 valence electrons. The Labute approximate surface area is 164 Å². The number of phenolic OH excluding ortho intramolecular Hbond substituents is 1. The maximum Gasteiger partial charge on any atom is 0.209 e. The number of thiazole rings is 1. The smallest absolute Gasteiger partial charge is 0.209 e. The summed E-state index contributed by atoms with van der Waals surface area (Å²) in [4.78, 5) is 8.88. The van der Waals surface area contributed by atoms with Crippen LogP contribution in [-0.4, -0.2) is 16.3 Å². The first-order valence-corrected chi connectivity index (χ1v) is 9.40. The van der Waals surface area contributed by atoms with E-state index in [0.29, 0.717) is 15.7 Å². The molecule has 1 heterocycles. The van der Waals surface area contributed by atoms with Crippen molar-refractivity contribution in [2.24, 2.45) is 4.99 Å². The monoisotopic (exact) mass is 398 g/mol. The molecule has 0 aliphatic heterocycles. The number of benzene rings is 3. The number of hydrogen-bond donors (Lipinski definition) is 1. The average molecular weight is 399 g/mol. The molecular weight excluding hydrogens is 387 g/mol. The van der Waals surface area contributed by atoms with E-state index in [0.717, 1.165) is 11.3 Å². The first-order valence-electron chi connectivity index (χ1n) is 7.77. The maximum absolute atomic E-state index is 9.98. The van der Waals surface area contributed by atoms with Crippen molar-refractivity contribution in [2.45, 2.75) is 0 Å². The van der Waals surface area contributed by atoms with Crippen LogP contribution in [0.1, 0.15) is 5.56 Å². The van der Waals surface area contributed by atoms with Gasteiger partial charge in [0.1, 0.15) is 5.75 Å². The highest BCUT2D eigenvalue weighted by molar-refractivity contribution is 7.13. The zero-order valence-electron chi connectivity index (χ0n) is 13.4. The molecule has 4 aromatic rings. The van der Waals surface area contributed by atoms with Crippen LogP contribution in [0, 0.1) is 0 Å². The standard InChI is InChI=1S/C20H12Cl2N2OS/c21-16-8-15(19(25)17(22)9-16)10-23-20-24-18(11-26-20)14-6-5-12-3-1-2-4-13(12)7-14/h1-11,25H/b23-10+. The van der Waals surface area contributed by atoms with Crippen molar-refractivity contribution < 1.29 is 5.11 Å². The van der Waals surface area contributed by atoms with Crippen LogP contribution >= 0.6 is 34.5 Å². The van der Waals surface area contributed by atoms with Crippen molar-refractivity contribution in [2.75, 3.05) is 0 Å². The van der Waals surface area contributed by atoms with Gasteiger partial charge in [0.2, 0.25) is 5.13 Å². The van der Waals surface area contributed by atoms with Crippen LogP contribution in [0.15, 0.2) is 65.0 Å². The fraction of sp³-hybridized carbons (Fsp3) is 0. The Morgan fingerprint density at radius 2 is 1.81 bits per heavy atom. The highest BCUT2D eigenvalue weighted by Crippen LogP contribution is 2.32. The minimum Gasteiger partial charge on any atom is -0.506 e. The van der Waals surface area contributed by atoms with Crippen LogP contribution in [-0.2, 0) is 0 Å². The summed E-state index contributed by atoms with van der Waals surface area (Å²) >= 11 is 13.3. The molecule has 1 aromatic heterocycles. The molecule has 6 heteroatoms. The second-order valence-corrected chi connectivity index (χ2v) is 7.34. The number of rotatable bonds is 3. The van der Waals surface area contributed by atoms with Gasteiger partial charge in [0.25, 0.3) is 0 Å². The largest absolute Gasteiger partial charge is 0.506 e. The molecule has 0 spiro atoms. The van der Waals surface area contributed by atoms with Crippen molar-refractivity contribution in [1.29, 1.82) is 0 Å². The van der Waals surface area contributed by atoms with Gasteiger partial charge in [-0.3, -0.25) is 0 Å². The van der Waals surface area contributed by atoms with Gasteiger partial charge in [0.15, 0.2) is 0 Å². The van der Waals surface area contributed by atoms with Gasteiger partial charge in [-0.25, -0.2) is 9.98 Å². The SMILES string of the molecule is Oc1c(Cl)cc(Cl)cc1/C=N/c1nc(-c2ccc3ccccc3c2)cs1. The maximum atomic E-state index is 9.98. The molecule has 3 nitrogen and oxygen atoms in total. The van der Waals surface area contributed by atoms with Crippen LogP contribution in [0.3, 0.4) is 0 Å². The molecule has 0 aliphatic carbocycles. The predicted octanol–water partition coefficient (Wildman–Crippen LogP) is 6.73. The van der Waals surface area contributed by atoms with E-state index in [1.807, 2.05) is 23.6 Å². The van der Waals surface area contributed by atoms with Gasteiger partial charge < -0.3 is 5.11 Å². The van der Waals surface area contributed by atoms with Crippen LogP contribution < -0.4 is 0 Å². The summed E-state index contributed by atoms with van der Waals surface area (Å²) in [5.41, 5.74) is 2.35. The number of aromatic nitrogens is 1. The van der Waals surface area contributed by atoms with Crippen molar-refractivity contribution in [3.8, 4) is 17.0 Å². The minimum absolute atomic E-state index is 0.0499. The van der Waals surface area contributed by atoms with Crippen LogP contribution in [0.25, 0.3) is 22.0 Å². The lowest BCUT2D eigenvalue weighted by atomic mass is 10.1. The fourth-order valence-electron chi connectivity index (χ4n) is 2.61. The Hall–Kier alpha value is -2.40. The van der Waals surface area contributed by atoms with Gasteiger partial charge in [0, 0.05) is 27.7 Å². The molecule has 0 saturated heterocycles. The van der Waals surface area contributed by atoms with E-state index in [2.05, 4.69) is 34.2 Å². The van der Waals surface area contributed by atoms with Crippen molar-refractivity contribution >= 4 is 56.7 Å². The molecule has 0 atom stereocenters. The number of phenols is 1. The lowest BCUT2D eigenvalue weighted by Gasteiger charge is -2.01. The lowest BCUT2D eigenvalue weighted by molar-refractivity contribution is 0.475. The quantitative estimate of drug-likeness (QED) is 0.389. The average Bonchev–Trinajstić information content (AvgIpc) is 3.12. The zero-order valence-corrected chi connectivity index (χ0v) is 15.7. The Kier molecular flexibility index (Phi) is 4.64. The van der Waals surface area contributed by atoms with E-state index in [-0.39, 0.29) is 10.8 Å². The zero-order chi connectivity index (χ0) is 18.1. The van der Waals surface area contributed by atoms with E-state index < -0.39 is 0 Å². The molecule has 3 aromatic carbocycles. The molecular formula is C20H12Cl2N2OS. The molecule has 0 aliphatic rings. The third-order valence-corrected chi connectivity index (χ3v) is 5.16. The van der Waals surface area contributed by atoms with E-state index >= 15 is 0 Å². The topological polar surface area (TPSA) is 45.5 Å². The summed E-state index contributed by atoms with van der Waals surface area (Å²) < 4.78 is 0. The molecule has 26 heavy (non-hydrogen) atoms. The Bertz CT molecular complexity index is 1140. The lowest BCUT2D eigenvalue weighted by Crippen LogP contribution is -1.84. The Morgan fingerprint density at radius 1 is 1.00 bits per heavy atom. The molecule has 0 unspecified atom stereocenters. The van der Waals surface area contributed by atoms with Gasteiger partial charge in [-0.2, -0.15) is 0 Å². The summed E-state index contributed by atoms with van der Waals surface area (Å²) in [5, 5.41) is 15.5. The highest BCUT2D eigenvalue weighted by atomic mass is 35.5. The van der Waals surface area contributed by atoms with E-state index in [1.54, 1.807) is 6.07 Å². The number of aliphatic imine (C=N–C) groups is 1. The van der Waals surface area contributed by atoms with Crippen LogP contribution in [0.4, 0.5) is 5.13 Å². The number of aromatic hydroxyl groups is 1. The molecule has 4 rings (SSSR count). The van der Waals surface area contributed by atoms with Crippen LogP contribution in [0.5, 0.6) is 5.75 Å². The first-order chi connectivity index (χ1) is 12.6. The molecule has 0 saturated carbocycles. The van der Waals surface area contributed by atoms with E-state index in [9.17, 15) is 5.11 Å². The van der Waals surface area contributed by atoms with E-state index in [1.165, 1.54) is 34.4 Å². The van der Waals surface area contributed by atoms with Crippen molar-refractivity contribution in [3.05, 3.63) is 75.6 Å². The predicted molar refractivity (Wildman–Crippen MR) is 110 cm³/mol. The highest BCUT2D eigenvalue weighted by Gasteiger charge is 2.08. The van der Waals surface area contributed by atoms with Crippen molar-refractivity contribution in [1.82, 2.24) is 4.98 Å². The van der Waals surface area contributed by atoms with E-state index in [4.69, 9.17) is 23.2 Å². The number of hydrogen-bond acceptors (Lipinski definition) is 4. The van der Waals surface area contributed by atoms with Gasteiger partial charge >= 0.3 is 0 Å². The van der Waals surface area contributed by atoms with Crippen molar-refractivity contribution in [3.63, 3.8) is 0 Å².